The smallest absolute Gasteiger partial charge is 0.332 e. The lowest BCUT2D eigenvalue weighted by Crippen LogP contribution is -2.31. The number of hydrogen-bond donors (Lipinski definition) is 2. The molecule has 1 atom stereocenters. The number of carbonyl (C=O) groups excluding carboxylic acids is 1. The third-order valence-corrected chi connectivity index (χ3v) is 4.88. The molecule has 0 aliphatic heterocycles. The molecule has 1 heterocycles. The largest absolute Gasteiger partial charge is 0.348 e. The van der Waals surface area contributed by atoms with Crippen molar-refractivity contribution in [1.82, 2.24) is 9.97 Å². The Labute approximate surface area is 189 Å². The summed E-state index contributed by atoms with van der Waals surface area (Å²) in [4.78, 5) is 23.2. The summed E-state index contributed by atoms with van der Waals surface area (Å²) in [6.45, 7) is 1.97. The molecule has 0 saturated heterocycles. The van der Waals surface area contributed by atoms with Crippen molar-refractivity contribution in [3.05, 3.63) is 108 Å². The maximum atomic E-state index is 13.6. The summed E-state index contributed by atoms with van der Waals surface area (Å²) in [7, 11) is 0. The lowest BCUT2D eigenvalue weighted by atomic mass is 10.1. The highest BCUT2D eigenvalue weighted by Crippen LogP contribution is 2.27. The molecule has 0 bridgehead atoms. The van der Waals surface area contributed by atoms with Gasteiger partial charge in [-0.15, -0.1) is 0 Å². The molecule has 1 aromatic heterocycles. The molecule has 166 valence electrons. The van der Waals surface area contributed by atoms with E-state index in [1.54, 1.807) is 12.1 Å². The van der Waals surface area contributed by atoms with E-state index in [0.717, 1.165) is 5.56 Å². The predicted octanol–water partition coefficient (Wildman–Crippen LogP) is 6.30. The van der Waals surface area contributed by atoms with Gasteiger partial charge in [-0.25, -0.2) is 23.5 Å². The van der Waals surface area contributed by atoms with Crippen LogP contribution in [0.3, 0.4) is 0 Å². The van der Waals surface area contributed by atoms with Crippen molar-refractivity contribution in [1.29, 1.82) is 0 Å². The highest BCUT2D eigenvalue weighted by atomic mass is 19.1. The van der Waals surface area contributed by atoms with Gasteiger partial charge in [-0.1, -0.05) is 36.4 Å². The highest BCUT2D eigenvalue weighted by Gasteiger charge is 2.21. The van der Waals surface area contributed by atoms with Crippen molar-refractivity contribution in [3.63, 3.8) is 0 Å². The van der Waals surface area contributed by atoms with E-state index in [-0.39, 0.29) is 17.5 Å². The normalized spacial score (nSPS) is 11.5. The predicted molar refractivity (Wildman–Crippen MR) is 124 cm³/mol. The summed E-state index contributed by atoms with van der Waals surface area (Å²) in [5.74, 6) is -0.349. The first-order chi connectivity index (χ1) is 16.0. The summed E-state index contributed by atoms with van der Waals surface area (Å²) in [6, 6.07) is 21.6. The fourth-order valence-electron chi connectivity index (χ4n) is 3.25. The van der Waals surface area contributed by atoms with Crippen molar-refractivity contribution < 1.29 is 13.6 Å². The Kier molecular flexibility index (Phi) is 6.54. The second-order valence-corrected chi connectivity index (χ2v) is 7.27. The molecule has 3 aromatic carbocycles. The molecule has 2 N–H and O–H groups in total. The molecule has 0 radical (unpaired) electrons. The van der Waals surface area contributed by atoms with Gasteiger partial charge in [0.15, 0.2) is 0 Å². The minimum atomic E-state index is -0.590. The number of nitrogens with one attached hydrogen (secondary N) is 2. The Hall–Kier alpha value is -4.33. The van der Waals surface area contributed by atoms with Gasteiger partial charge in [-0.2, -0.15) is 4.98 Å². The molecule has 0 aliphatic rings. The van der Waals surface area contributed by atoms with Crippen LogP contribution >= 0.6 is 0 Å². The molecule has 33 heavy (non-hydrogen) atoms. The fraction of sp³-hybridized carbons (Fsp3) is 0.0800. The van der Waals surface area contributed by atoms with E-state index in [1.807, 2.05) is 37.3 Å². The second kappa shape index (κ2) is 9.86. The third kappa shape index (κ3) is 5.48. The molecule has 0 unspecified atom stereocenters. The van der Waals surface area contributed by atoms with Crippen LogP contribution < -0.4 is 15.5 Å². The number of benzene rings is 3. The number of halogens is 2. The lowest BCUT2D eigenvalue weighted by Gasteiger charge is -2.23. The first-order valence-electron chi connectivity index (χ1n) is 10.3. The molecular formula is C25H21F2N5O. The van der Waals surface area contributed by atoms with Gasteiger partial charge in [-0.05, 0) is 55.0 Å². The lowest BCUT2D eigenvalue weighted by molar-refractivity contribution is 0.259. The van der Waals surface area contributed by atoms with Crippen LogP contribution in [0.4, 0.5) is 36.7 Å². The zero-order chi connectivity index (χ0) is 23.2. The fourth-order valence-corrected chi connectivity index (χ4v) is 3.25. The molecule has 4 aromatic rings. The molecular weight excluding hydrogens is 424 g/mol. The Bertz CT molecular complexity index is 1240. The molecule has 6 nitrogen and oxygen atoms in total. The average molecular weight is 445 g/mol. The summed E-state index contributed by atoms with van der Waals surface area (Å²) >= 11 is 0. The first-order valence-corrected chi connectivity index (χ1v) is 10.3. The first kappa shape index (κ1) is 21.9. The Morgan fingerprint density at radius 1 is 0.909 bits per heavy atom. The van der Waals surface area contributed by atoms with Crippen LogP contribution in [0.5, 0.6) is 0 Å². The van der Waals surface area contributed by atoms with Gasteiger partial charge in [0.1, 0.15) is 17.5 Å². The van der Waals surface area contributed by atoms with Crippen LogP contribution in [0.1, 0.15) is 18.5 Å². The van der Waals surface area contributed by atoms with Crippen molar-refractivity contribution in [2.75, 3.05) is 15.5 Å². The zero-order valence-electron chi connectivity index (χ0n) is 17.7. The van der Waals surface area contributed by atoms with E-state index >= 15 is 0 Å². The number of amides is 2. The number of aromatic nitrogens is 2. The molecule has 0 spiro atoms. The average Bonchev–Trinajstić information content (AvgIpc) is 2.81. The molecule has 2 amide bonds. The van der Waals surface area contributed by atoms with Crippen LogP contribution in [0.2, 0.25) is 0 Å². The van der Waals surface area contributed by atoms with Crippen LogP contribution in [0.25, 0.3) is 0 Å². The van der Waals surface area contributed by atoms with Gasteiger partial charge in [0, 0.05) is 18.0 Å². The van der Waals surface area contributed by atoms with Crippen molar-refractivity contribution >= 4 is 29.2 Å². The number of anilines is 4. The van der Waals surface area contributed by atoms with E-state index < -0.39 is 17.7 Å². The van der Waals surface area contributed by atoms with E-state index in [2.05, 4.69) is 20.6 Å². The maximum absolute atomic E-state index is 13.6. The number of nitrogens with zero attached hydrogens (tertiary/aromatic N) is 3. The number of rotatable bonds is 6. The van der Waals surface area contributed by atoms with Crippen molar-refractivity contribution in [2.24, 2.45) is 0 Å². The molecule has 4 rings (SSSR count). The van der Waals surface area contributed by atoms with E-state index in [1.165, 1.54) is 53.6 Å². The van der Waals surface area contributed by atoms with Crippen molar-refractivity contribution in [2.45, 2.75) is 13.0 Å². The quantitative estimate of drug-likeness (QED) is 0.366. The van der Waals surface area contributed by atoms with Gasteiger partial charge in [0.2, 0.25) is 5.95 Å². The van der Waals surface area contributed by atoms with Gasteiger partial charge >= 0.3 is 6.03 Å². The van der Waals surface area contributed by atoms with Crippen LogP contribution in [0.15, 0.2) is 91.1 Å². The standard InChI is InChI=1S/C25H21F2N5O/c1-17(18-6-3-2-4-7-18)29-24-28-15-14-23(31-24)32(22-12-10-19(26)11-13-22)25(33)30-21-9-5-8-20(27)16-21/h2-17H,1H3,(H,30,33)(H,28,29,31)/t17-/m0/s1. The Morgan fingerprint density at radius 3 is 2.39 bits per heavy atom. The summed E-state index contributed by atoms with van der Waals surface area (Å²) < 4.78 is 27.1. The second-order valence-electron chi connectivity index (χ2n) is 7.27. The van der Waals surface area contributed by atoms with E-state index in [9.17, 15) is 13.6 Å². The maximum Gasteiger partial charge on any atom is 0.332 e. The molecule has 0 aliphatic carbocycles. The molecule has 0 fully saturated rings. The Morgan fingerprint density at radius 2 is 1.67 bits per heavy atom. The van der Waals surface area contributed by atoms with E-state index in [0.29, 0.717) is 11.6 Å². The summed E-state index contributed by atoms with van der Waals surface area (Å²) in [5, 5.41) is 5.87. The van der Waals surface area contributed by atoms with Crippen molar-refractivity contribution in [3.8, 4) is 0 Å². The minimum Gasteiger partial charge on any atom is -0.348 e. The number of carbonyl (C=O) groups is 1. The SMILES string of the molecule is C[C@H](Nc1nccc(N(C(=O)Nc2cccc(F)c2)c2ccc(F)cc2)n1)c1ccccc1. The highest BCUT2D eigenvalue weighted by molar-refractivity contribution is 6.06. The van der Waals surface area contributed by atoms with Gasteiger partial charge in [0.25, 0.3) is 0 Å². The van der Waals surface area contributed by atoms with Gasteiger partial charge in [0.05, 0.1) is 11.7 Å². The van der Waals surface area contributed by atoms with Gasteiger partial charge in [-0.3, -0.25) is 0 Å². The van der Waals surface area contributed by atoms with Crippen LogP contribution in [-0.4, -0.2) is 16.0 Å². The summed E-state index contributed by atoms with van der Waals surface area (Å²) in [5.41, 5.74) is 1.70. The van der Waals surface area contributed by atoms with Crippen LogP contribution in [0, 0.1) is 11.6 Å². The monoisotopic (exact) mass is 445 g/mol. The van der Waals surface area contributed by atoms with E-state index in [4.69, 9.17) is 0 Å². The topological polar surface area (TPSA) is 70.2 Å². The number of hydrogen-bond acceptors (Lipinski definition) is 4. The Balaban J connectivity index is 1.64. The zero-order valence-corrected chi connectivity index (χ0v) is 17.7. The number of urea groups is 1. The summed E-state index contributed by atoms with van der Waals surface area (Å²) in [6.07, 6.45) is 1.52. The third-order valence-electron chi connectivity index (χ3n) is 4.88. The molecule has 8 heteroatoms. The van der Waals surface area contributed by atoms with Crippen LogP contribution in [-0.2, 0) is 0 Å². The van der Waals surface area contributed by atoms with Gasteiger partial charge < -0.3 is 10.6 Å². The minimum absolute atomic E-state index is 0.0816. The molecule has 0 saturated carbocycles.